The van der Waals surface area contributed by atoms with Gasteiger partial charge in [0.2, 0.25) is 0 Å². The van der Waals surface area contributed by atoms with Crippen molar-refractivity contribution in [2.45, 2.75) is 37.8 Å². The van der Waals surface area contributed by atoms with Crippen LogP contribution in [0.15, 0.2) is 24.3 Å². The third-order valence-electron chi connectivity index (χ3n) is 3.16. The predicted molar refractivity (Wildman–Crippen MR) is 74.9 cm³/mol. The molecule has 3 nitrogen and oxygen atoms in total. The Morgan fingerprint density at radius 2 is 2.00 bits per heavy atom. The largest absolute Gasteiger partial charge is 0.391 e. The van der Waals surface area contributed by atoms with Crippen LogP contribution in [0, 0.1) is 3.57 Å². The Hall–Kier alpha value is -0.620. The standard InChI is InChI=1S/C13H16INO2/c14-10-6-2-1-5-9(10)13(17)15-11-7-3-4-8-12(11)16/h1-2,5-6,11-12,16H,3-4,7-8H2,(H,15,17). The van der Waals surface area contributed by atoms with Gasteiger partial charge in [-0.2, -0.15) is 0 Å². The van der Waals surface area contributed by atoms with E-state index in [-0.39, 0.29) is 11.9 Å². The highest BCUT2D eigenvalue weighted by atomic mass is 127. The zero-order valence-electron chi connectivity index (χ0n) is 9.53. The summed E-state index contributed by atoms with van der Waals surface area (Å²) in [7, 11) is 0. The van der Waals surface area contributed by atoms with E-state index in [0.29, 0.717) is 5.56 Å². The van der Waals surface area contributed by atoms with E-state index >= 15 is 0 Å². The summed E-state index contributed by atoms with van der Waals surface area (Å²) < 4.78 is 0.938. The number of halogens is 1. The molecule has 2 unspecified atom stereocenters. The van der Waals surface area contributed by atoms with Gasteiger partial charge < -0.3 is 10.4 Å². The van der Waals surface area contributed by atoms with Gasteiger partial charge in [-0.25, -0.2) is 0 Å². The van der Waals surface area contributed by atoms with Crippen LogP contribution in [0.1, 0.15) is 36.0 Å². The zero-order chi connectivity index (χ0) is 12.3. The second-order valence-electron chi connectivity index (χ2n) is 4.41. The smallest absolute Gasteiger partial charge is 0.252 e. The second-order valence-corrected chi connectivity index (χ2v) is 5.57. The lowest BCUT2D eigenvalue weighted by molar-refractivity contribution is 0.0716. The van der Waals surface area contributed by atoms with E-state index in [9.17, 15) is 9.90 Å². The van der Waals surface area contributed by atoms with Crippen molar-refractivity contribution in [2.24, 2.45) is 0 Å². The highest BCUT2D eigenvalue weighted by Crippen LogP contribution is 2.19. The molecule has 1 aliphatic rings. The summed E-state index contributed by atoms with van der Waals surface area (Å²) in [6.45, 7) is 0. The van der Waals surface area contributed by atoms with Gasteiger partial charge in [-0.3, -0.25) is 4.79 Å². The lowest BCUT2D eigenvalue weighted by atomic mass is 9.92. The van der Waals surface area contributed by atoms with Crippen molar-refractivity contribution in [3.8, 4) is 0 Å². The maximum atomic E-state index is 12.1. The Kier molecular flexibility index (Phi) is 4.39. The van der Waals surface area contributed by atoms with E-state index in [4.69, 9.17) is 0 Å². The number of aliphatic hydroxyl groups excluding tert-OH is 1. The molecule has 1 saturated carbocycles. The molecule has 1 aromatic carbocycles. The highest BCUT2D eigenvalue weighted by molar-refractivity contribution is 14.1. The molecule has 2 N–H and O–H groups in total. The number of hydrogen-bond donors (Lipinski definition) is 2. The van der Waals surface area contributed by atoms with E-state index in [2.05, 4.69) is 27.9 Å². The van der Waals surface area contributed by atoms with E-state index in [1.807, 2.05) is 24.3 Å². The van der Waals surface area contributed by atoms with Crippen molar-refractivity contribution < 1.29 is 9.90 Å². The molecule has 0 aromatic heterocycles. The molecule has 1 fully saturated rings. The number of hydrogen-bond acceptors (Lipinski definition) is 2. The van der Waals surface area contributed by atoms with Crippen molar-refractivity contribution >= 4 is 28.5 Å². The number of carbonyl (C=O) groups excluding carboxylic acids is 1. The molecule has 1 amide bonds. The number of rotatable bonds is 2. The van der Waals surface area contributed by atoms with Crippen LogP contribution in [0.25, 0.3) is 0 Å². The van der Waals surface area contributed by atoms with E-state index in [1.165, 1.54) is 0 Å². The molecule has 0 saturated heterocycles. The lowest BCUT2D eigenvalue weighted by Crippen LogP contribution is -2.45. The first-order valence-corrected chi connectivity index (χ1v) is 7.00. The number of aliphatic hydroxyl groups is 1. The van der Waals surface area contributed by atoms with Gasteiger partial charge in [0, 0.05) is 3.57 Å². The van der Waals surface area contributed by atoms with Crippen LogP contribution in [0.5, 0.6) is 0 Å². The second kappa shape index (κ2) is 5.82. The monoisotopic (exact) mass is 345 g/mol. The van der Waals surface area contributed by atoms with Crippen molar-refractivity contribution in [1.29, 1.82) is 0 Å². The Morgan fingerprint density at radius 1 is 1.29 bits per heavy atom. The molecule has 0 bridgehead atoms. The molecule has 4 heteroatoms. The molecule has 1 aromatic rings. The maximum Gasteiger partial charge on any atom is 0.252 e. The quantitative estimate of drug-likeness (QED) is 0.809. The van der Waals surface area contributed by atoms with Gasteiger partial charge in [-0.15, -0.1) is 0 Å². The molecular formula is C13H16INO2. The molecule has 2 atom stereocenters. The number of benzene rings is 1. The average Bonchev–Trinajstić information content (AvgIpc) is 2.32. The summed E-state index contributed by atoms with van der Waals surface area (Å²) in [4.78, 5) is 12.1. The summed E-state index contributed by atoms with van der Waals surface area (Å²) in [6.07, 6.45) is 3.39. The average molecular weight is 345 g/mol. The Bertz CT molecular complexity index is 408. The SMILES string of the molecule is O=C(NC1CCCCC1O)c1ccccc1I. The van der Waals surface area contributed by atoms with Crippen LogP contribution in [-0.4, -0.2) is 23.2 Å². The molecule has 92 valence electrons. The zero-order valence-corrected chi connectivity index (χ0v) is 11.7. The molecule has 0 radical (unpaired) electrons. The molecule has 0 aliphatic heterocycles. The predicted octanol–water partition coefficient (Wildman–Crippen LogP) is 2.32. The van der Waals surface area contributed by atoms with E-state index < -0.39 is 6.10 Å². The number of amides is 1. The van der Waals surface area contributed by atoms with Gasteiger partial charge >= 0.3 is 0 Å². The van der Waals surface area contributed by atoms with Crippen molar-refractivity contribution in [3.63, 3.8) is 0 Å². The first-order chi connectivity index (χ1) is 8.18. The third-order valence-corrected chi connectivity index (χ3v) is 4.11. The molecule has 2 rings (SSSR count). The topological polar surface area (TPSA) is 49.3 Å². The molecule has 1 aliphatic carbocycles. The number of nitrogens with one attached hydrogen (secondary N) is 1. The van der Waals surface area contributed by atoms with E-state index in [1.54, 1.807) is 0 Å². The minimum absolute atomic E-state index is 0.0825. The molecule has 0 spiro atoms. The maximum absolute atomic E-state index is 12.1. The summed E-state index contributed by atoms with van der Waals surface area (Å²) in [5, 5.41) is 12.7. The Labute approximate surface area is 115 Å². The van der Waals surface area contributed by atoms with Crippen LogP contribution < -0.4 is 5.32 Å². The fraction of sp³-hybridized carbons (Fsp3) is 0.462. The Balaban J connectivity index is 2.04. The summed E-state index contributed by atoms with van der Waals surface area (Å²) in [5.41, 5.74) is 0.686. The van der Waals surface area contributed by atoms with Crippen LogP contribution in [0.4, 0.5) is 0 Å². The van der Waals surface area contributed by atoms with Crippen LogP contribution >= 0.6 is 22.6 Å². The minimum Gasteiger partial charge on any atom is -0.391 e. The van der Waals surface area contributed by atoms with Crippen molar-refractivity contribution in [3.05, 3.63) is 33.4 Å². The van der Waals surface area contributed by atoms with Gasteiger partial charge in [0.1, 0.15) is 0 Å². The summed E-state index contributed by atoms with van der Waals surface area (Å²) >= 11 is 2.15. The van der Waals surface area contributed by atoms with Crippen molar-refractivity contribution in [2.75, 3.05) is 0 Å². The van der Waals surface area contributed by atoms with Gasteiger partial charge in [0.05, 0.1) is 17.7 Å². The fourth-order valence-electron chi connectivity index (χ4n) is 2.17. The van der Waals surface area contributed by atoms with Gasteiger partial charge in [-0.1, -0.05) is 25.0 Å². The van der Waals surface area contributed by atoms with Gasteiger partial charge in [0.15, 0.2) is 0 Å². The first kappa shape index (κ1) is 12.8. The van der Waals surface area contributed by atoms with Crippen LogP contribution in [0.2, 0.25) is 0 Å². The first-order valence-electron chi connectivity index (χ1n) is 5.92. The normalized spacial score (nSPS) is 24.4. The van der Waals surface area contributed by atoms with E-state index in [0.717, 1.165) is 29.3 Å². The van der Waals surface area contributed by atoms with Crippen LogP contribution in [-0.2, 0) is 0 Å². The molecular weight excluding hydrogens is 329 g/mol. The van der Waals surface area contributed by atoms with Crippen LogP contribution in [0.3, 0.4) is 0 Å². The molecule has 17 heavy (non-hydrogen) atoms. The third kappa shape index (κ3) is 3.19. The highest BCUT2D eigenvalue weighted by Gasteiger charge is 2.25. The fourth-order valence-corrected chi connectivity index (χ4v) is 2.80. The lowest BCUT2D eigenvalue weighted by Gasteiger charge is -2.28. The number of carbonyl (C=O) groups is 1. The Morgan fingerprint density at radius 3 is 2.71 bits per heavy atom. The van der Waals surface area contributed by atoms with Crippen molar-refractivity contribution in [1.82, 2.24) is 5.32 Å². The molecule has 0 heterocycles. The van der Waals surface area contributed by atoms with Gasteiger partial charge in [-0.05, 0) is 47.6 Å². The van der Waals surface area contributed by atoms with Gasteiger partial charge in [0.25, 0.3) is 5.91 Å². The minimum atomic E-state index is -0.394. The summed E-state index contributed by atoms with van der Waals surface area (Å²) in [5.74, 6) is -0.0825. The summed E-state index contributed by atoms with van der Waals surface area (Å²) in [6, 6.07) is 7.40.